The number of rotatable bonds is 1. The Morgan fingerprint density at radius 1 is 0.879 bits per heavy atom. The maximum absolute atomic E-state index is 11.8. The van der Waals surface area contributed by atoms with E-state index in [-0.39, 0.29) is 39.8 Å². The Labute approximate surface area is 202 Å². The molecule has 33 heavy (non-hydrogen) atoms. The zero-order valence-corrected chi connectivity index (χ0v) is 22.3. The molecule has 0 aromatic heterocycles. The molecule has 5 aliphatic rings. The van der Waals surface area contributed by atoms with Gasteiger partial charge in [0, 0.05) is 5.41 Å². The fraction of sp³-hybridized carbons (Fsp3) is 0.933. The second-order valence-electron chi connectivity index (χ2n) is 14.6. The van der Waals surface area contributed by atoms with Crippen molar-refractivity contribution in [1.29, 1.82) is 0 Å². The molecule has 0 bridgehead atoms. The quantitative estimate of drug-likeness (QED) is 0.424. The minimum Gasteiger partial charge on any atom is -0.396 e. The molecular weight excluding hydrogens is 408 g/mol. The molecule has 4 saturated carbocycles. The normalized spacial score (nSPS) is 57.8. The Hall–Kier alpha value is -0.380. The standard InChI is InChI=1S/C30H50O3/c1-18-10-15-30(17-31)24(33)16-29(7)20(25(30)19(18)2)8-9-22-27(5)13-12-23(32)26(3,4)21(27)11-14-28(22,29)6/h10,19-25,31-33H,8-9,11-17H2,1-7H3/t19-,20-,21+,22-,23+,24+,25-,27+,28-,29-,30+/m1/s1. The minimum atomic E-state index is -0.439. The lowest BCUT2D eigenvalue weighted by molar-refractivity contribution is -0.273. The Bertz CT molecular complexity index is 832. The summed E-state index contributed by atoms with van der Waals surface area (Å²) in [6.45, 7) is 17.0. The molecule has 3 heteroatoms. The Morgan fingerprint density at radius 2 is 1.58 bits per heavy atom. The fourth-order valence-corrected chi connectivity index (χ4v) is 11.4. The lowest BCUT2D eigenvalue weighted by Gasteiger charge is -2.74. The molecule has 0 aromatic rings. The zero-order valence-electron chi connectivity index (χ0n) is 22.3. The van der Waals surface area contributed by atoms with Gasteiger partial charge in [-0.3, -0.25) is 0 Å². The van der Waals surface area contributed by atoms with Gasteiger partial charge in [0.15, 0.2) is 0 Å². The van der Waals surface area contributed by atoms with Crippen molar-refractivity contribution < 1.29 is 15.3 Å². The van der Waals surface area contributed by atoms with Gasteiger partial charge in [0.2, 0.25) is 0 Å². The smallest absolute Gasteiger partial charge is 0.0629 e. The third-order valence-corrected chi connectivity index (χ3v) is 13.7. The third kappa shape index (κ3) is 2.80. The van der Waals surface area contributed by atoms with Crippen LogP contribution in [-0.4, -0.2) is 34.1 Å². The summed E-state index contributed by atoms with van der Waals surface area (Å²) in [4.78, 5) is 0. The Balaban J connectivity index is 1.58. The van der Waals surface area contributed by atoms with Crippen LogP contribution in [0.25, 0.3) is 0 Å². The van der Waals surface area contributed by atoms with Gasteiger partial charge in [-0.05, 0) is 110 Å². The van der Waals surface area contributed by atoms with E-state index in [1.165, 1.54) is 31.3 Å². The zero-order chi connectivity index (χ0) is 24.2. The van der Waals surface area contributed by atoms with Gasteiger partial charge in [0.05, 0.1) is 18.8 Å². The lowest BCUT2D eigenvalue weighted by atomic mass is 9.31. The van der Waals surface area contributed by atoms with Gasteiger partial charge >= 0.3 is 0 Å². The first-order chi connectivity index (χ1) is 15.3. The highest BCUT2D eigenvalue weighted by molar-refractivity contribution is 5.24. The fourth-order valence-electron chi connectivity index (χ4n) is 11.4. The van der Waals surface area contributed by atoms with Crippen LogP contribution in [0.15, 0.2) is 11.6 Å². The van der Waals surface area contributed by atoms with Crippen molar-refractivity contribution >= 4 is 0 Å². The van der Waals surface area contributed by atoms with Crippen molar-refractivity contribution in [3.8, 4) is 0 Å². The summed E-state index contributed by atoms with van der Waals surface area (Å²) in [7, 11) is 0. The van der Waals surface area contributed by atoms with Gasteiger partial charge in [-0.25, -0.2) is 0 Å². The number of aliphatic hydroxyl groups is 3. The molecule has 3 N–H and O–H groups in total. The molecule has 0 aliphatic heterocycles. The molecule has 0 aromatic carbocycles. The van der Waals surface area contributed by atoms with Crippen LogP contribution in [0.5, 0.6) is 0 Å². The average Bonchev–Trinajstić information content (AvgIpc) is 2.74. The van der Waals surface area contributed by atoms with Crippen molar-refractivity contribution in [3.05, 3.63) is 11.6 Å². The van der Waals surface area contributed by atoms with Crippen molar-refractivity contribution in [1.82, 2.24) is 0 Å². The molecular formula is C30H50O3. The lowest BCUT2D eigenvalue weighted by Crippen LogP contribution is -2.70. The van der Waals surface area contributed by atoms with Gasteiger partial charge in [-0.1, -0.05) is 53.2 Å². The first kappa shape index (κ1) is 24.3. The van der Waals surface area contributed by atoms with Crippen LogP contribution in [-0.2, 0) is 0 Å². The molecule has 0 unspecified atom stereocenters. The summed E-state index contributed by atoms with van der Waals surface area (Å²) in [5, 5.41) is 33.3. The van der Waals surface area contributed by atoms with Crippen LogP contribution >= 0.6 is 0 Å². The highest BCUT2D eigenvalue weighted by Crippen LogP contribution is 2.76. The number of hydrogen-bond donors (Lipinski definition) is 3. The van der Waals surface area contributed by atoms with E-state index in [4.69, 9.17) is 0 Å². The second-order valence-corrected chi connectivity index (χ2v) is 14.6. The predicted octanol–water partition coefficient (Wildman–Crippen LogP) is 5.97. The van der Waals surface area contributed by atoms with E-state index in [0.29, 0.717) is 29.6 Å². The van der Waals surface area contributed by atoms with E-state index < -0.39 is 6.10 Å². The third-order valence-electron chi connectivity index (χ3n) is 13.7. The molecule has 4 fully saturated rings. The maximum atomic E-state index is 11.8. The number of allylic oxidation sites excluding steroid dienone is 2. The van der Waals surface area contributed by atoms with Crippen LogP contribution in [0.4, 0.5) is 0 Å². The predicted molar refractivity (Wildman–Crippen MR) is 133 cm³/mol. The second kappa shape index (κ2) is 7.32. The molecule has 5 aliphatic carbocycles. The van der Waals surface area contributed by atoms with Gasteiger partial charge in [-0.2, -0.15) is 0 Å². The van der Waals surface area contributed by atoms with Gasteiger partial charge in [0.1, 0.15) is 0 Å². The van der Waals surface area contributed by atoms with Crippen LogP contribution in [0.3, 0.4) is 0 Å². The molecule has 3 nitrogen and oxygen atoms in total. The topological polar surface area (TPSA) is 60.7 Å². The van der Waals surface area contributed by atoms with E-state index in [1.807, 2.05) is 0 Å². The molecule has 5 rings (SSSR count). The largest absolute Gasteiger partial charge is 0.396 e. The molecule has 0 spiro atoms. The molecule has 11 atom stereocenters. The Morgan fingerprint density at radius 3 is 2.24 bits per heavy atom. The monoisotopic (exact) mass is 458 g/mol. The van der Waals surface area contributed by atoms with Crippen molar-refractivity contribution in [2.24, 2.45) is 56.7 Å². The highest BCUT2D eigenvalue weighted by atomic mass is 16.3. The first-order valence-corrected chi connectivity index (χ1v) is 13.9. The van der Waals surface area contributed by atoms with E-state index in [2.05, 4.69) is 54.5 Å². The summed E-state index contributed by atoms with van der Waals surface area (Å²) >= 11 is 0. The summed E-state index contributed by atoms with van der Waals surface area (Å²) in [6, 6.07) is 0. The number of fused-ring (bicyclic) bond motifs is 7. The summed E-state index contributed by atoms with van der Waals surface area (Å²) in [5.41, 5.74) is 1.59. The molecule has 0 radical (unpaired) electrons. The molecule has 0 amide bonds. The summed E-state index contributed by atoms with van der Waals surface area (Å²) in [5.74, 6) is 2.53. The molecule has 188 valence electrons. The SMILES string of the molecule is CC1=CC[C@@]2(CO)[C@H]([C@@H]1C)[C@H]1CC[C@@H]3[C@@]4(C)CC[C@H](O)C(C)(C)[C@@H]4CC[C@@]3(C)[C@]1(C)C[C@@H]2O. The summed E-state index contributed by atoms with van der Waals surface area (Å²) < 4.78 is 0. The van der Waals surface area contributed by atoms with Crippen LogP contribution in [0.1, 0.15) is 99.8 Å². The highest BCUT2D eigenvalue weighted by Gasteiger charge is 2.71. The van der Waals surface area contributed by atoms with E-state index in [0.717, 1.165) is 25.7 Å². The van der Waals surface area contributed by atoms with Crippen molar-refractivity contribution in [2.45, 2.75) is 112 Å². The number of aliphatic hydroxyl groups excluding tert-OH is 3. The molecule has 0 saturated heterocycles. The first-order valence-electron chi connectivity index (χ1n) is 13.9. The van der Waals surface area contributed by atoms with Crippen molar-refractivity contribution in [3.63, 3.8) is 0 Å². The Kier molecular flexibility index (Phi) is 5.40. The minimum absolute atomic E-state index is 0.0238. The van der Waals surface area contributed by atoms with Crippen LogP contribution < -0.4 is 0 Å². The summed E-state index contributed by atoms with van der Waals surface area (Å²) in [6.07, 6.45) is 10.3. The number of hydrogen-bond acceptors (Lipinski definition) is 3. The van der Waals surface area contributed by atoms with E-state index in [9.17, 15) is 15.3 Å². The van der Waals surface area contributed by atoms with Gasteiger partial charge in [-0.15, -0.1) is 0 Å². The van der Waals surface area contributed by atoms with Gasteiger partial charge in [0.25, 0.3) is 0 Å². The van der Waals surface area contributed by atoms with E-state index >= 15 is 0 Å². The van der Waals surface area contributed by atoms with Crippen LogP contribution in [0.2, 0.25) is 0 Å². The average molecular weight is 459 g/mol. The maximum Gasteiger partial charge on any atom is 0.0629 e. The van der Waals surface area contributed by atoms with Crippen molar-refractivity contribution in [2.75, 3.05) is 6.61 Å². The van der Waals surface area contributed by atoms with Gasteiger partial charge < -0.3 is 15.3 Å². The molecule has 0 heterocycles. The van der Waals surface area contributed by atoms with Crippen LogP contribution in [0, 0.1) is 56.7 Å². The van der Waals surface area contributed by atoms with E-state index in [1.54, 1.807) is 0 Å².